The van der Waals surface area contributed by atoms with Crippen molar-refractivity contribution in [2.75, 3.05) is 24.5 Å². The van der Waals surface area contributed by atoms with Gasteiger partial charge < -0.3 is 9.80 Å². The highest BCUT2D eigenvalue weighted by atomic mass is 16.1. The number of hydrogen-bond donors (Lipinski definition) is 0. The zero-order chi connectivity index (χ0) is 21.9. The third-order valence-corrected chi connectivity index (χ3v) is 6.56. The van der Waals surface area contributed by atoms with Gasteiger partial charge in [0.25, 0.3) is 0 Å². The number of aromatic nitrogens is 2. The number of piperidine rings is 1. The molecule has 31 heavy (non-hydrogen) atoms. The van der Waals surface area contributed by atoms with Crippen molar-refractivity contribution >= 4 is 12.2 Å². The van der Waals surface area contributed by atoms with Gasteiger partial charge >= 0.3 is 0 Å². The van der Waals surface area contributed by atoms with E-state index in [2.05, 4.69) is 33.0 Å². The average molecular weight is 423 g/mol. The molecule has 1 amide bonds. The van der Waals surface area contributed by atoms with Crippen LogP contribution in [0.2, 0.25) is 0 Å². The highest BCUT2D eigenvalue weighted by Gasteiger charge is 2.24. The van der Waals surface area contributed by atoms with Crippen LogP contribution in [-0.2, 0) is 4.79 Å². The lowest BCUT2D eigenvalue weighted by molar-refractivity contribution is -0.121. The van der Waals surface area contributed by atoms with E-state index in [0.717, 1.165) is 49.4 Å². The second-order valence-electron chi connectivity index (χ2n) is 8.52. The van der Waals surface area contributed by atoms with Crippen molar-refractivity contribution < 1.29 is 4.79 Å². The molecule has 5 heteroatoms. The molecule has 0 spiro atoms. The smallest absolute Gasteiger partial charge is 0.209 e. The molecule has 0 radical (unpaired) electrons. The van der Waals surface area contributed by atoms with Crippen molar-refractivity contribution in [2.24, 2.45) is 5.92 Å². The van der Waals surface area contributed by atoms with E-state index in [0.29, 0.717) is 12.0 Å². The molecule has 2 fully saturated rings. The first-order chi connectivity index (χ1) is 15.3. The maximum atomic E-state index is 11.6. The Kier molecular flexibility index (Phi) is 9.32. The summed E-state index contributed by atoms with van der Waals surface area (Å²) in [7, 11) is 0. The number of pyridine rings is 2. The Balaban J connectivity index is 0.00000132. The molecule has 1 unspecified atom stereocenters. The minimum Gasteiger partial charge on any atom is -0.356 e. The standard InChI is InChI=1S/C24H32N4O.C2H6/c29-19-28(23-8-2-1-3-9-23)15-12-20-6-5-14-27(18-20)24-11-10-22(17-26-24)21-7-4-13-25-16-21;1-2/h4,7,10-11,13,16-17,19-20,23H,1-3,5-6,8-9,12,14-15,18H2;1-2H3. The minimum atomic E-state index is 0.475. The predicted octanol–water partition coefficient (Wildman–Crippen LogP) is 5.57. The van der Waals surface area contributed by atoms with Gasteiger partial charge in [-0.2, -0.15) is 0 Å². The highest BCUT2D eigenvalue weighted by Crippen LogP contribution is 2.27. The second kappa shape index (κ2) is 12.4. The van der Waals surface area contributed by atoms with Crippen LogP contribution in [0.4, 0.5) is 5.82 Å². The van der Waals surface area contributed by atoms with E-state index in [1.165, 1.54) is 44.9 Å². The number of rotatable bonds is 7. The topological polar surface area (TPSA) is 49.3 Å². The van der Waals surface area contributed by atoms with Crippen LogP contribution in [0.3, 0.4) is 0 Å². The molecule has 0 bridgehead atoms. The summed E-state index contributed by atoms with van der Waals surface area (Å²) in [5.41, 5.74) is 2.20. The van der Waals surface area contributed by atoms with Crippen molar-refractivity contribution in [2.45, 2.75) is 71.3 Å². The number of anilines is 1. The zero-order valence-electron chi connectivity index (χ0n) is 19.2. The summed E-state index contributed by atoms with van der Waals surface area (Å²) in [5.74, 6) is 1.69. The van der Waals surface area contributed by atoms with E-state index >= 15 is 0 Å². The molecule has 3 heterocycles. The molecule has 2 aromatic rings. The lowest BCUT2D eigenvalue weighted by atomic mass is 9.92. The molecular weight excluding hydrogens is 384 g/mol. The molecule has 5 nitrogen and oxygen atoms in total. The summed E-state index contributed by atoms with van der Waals surface area (Å²) in [6.07, 6.45) is 16.5. The molecule has 1 atom stereocenters. The predicted molar refractivity (Wildman–Crippen MR) is 128 cm³/mol. The first-order valence-electron chi connectivity index (χ1n) is 12.2. The number of nitrogens with zero attached hydrogens (tertiary/aromatic N) is 4. The van der Waals surface area contributed by atoms with E-state index in [-0.39, 0.29) is 0 Å². The maximum Gasteiger partial charge on any atom is 0.209 e. The van der Waals surface area contributed by atoms with Gasteiger partial charge in [-0.3, -0.25) is 9.78 Å². The van der Waals surface area contributed by atoms with Gasteiger partial charge in [-0.15, -0.1) is 0 Å². The van der Waals surface area contributed by atoms with Gasteiger partial charge in [0.1, 0.15) is 5.82 Å². The zero-order valence-corrected chi connectivity index (χ0v) is 19.2. The van der Waals surface area contributed by atoms with Gasteiger partial charge in [0.05, 0.1) is 0 Å². The van der Waals surface area contributed by atoms with Gasteiger partial charge in [-0.1, -0.05) is 39.2 Å². The highest BCUT2D eigenvalue weighted by molar-refractivity contribution is 5.62. The Labute approximate surface area is 187 Å². The Morgan fingerprint density at radius 2 is 1.84 bits per heavy atom. The van der Waals surface area contributed by atoms with Crippen LogP contribution in [-0.4, -0.2) is 47.0 Å². The van der Waals surface area contributed by atoms with Crippen LogP contribution in [0.5, 0.6) is 0 Å². The molecule has 2 aliphatic rings. The number of carbonyl (C=O) groups excluding carboxylic acids is 1. The molecule has 0 N–H and O–H groups in total. The normalized spacial score (nSPS) is 19.3. The first-order valence-corrected chi connectivity index (χ1v) is 12.2. The van der Waals surface area contributed by atoms with Gasteiger partial charge in [0, 0.05) is 55.4 Å². The van der Waals surface area contributed by atoms with Crippen molar-refractivity contribution in [3.8, 4) is 11.1 Å². The first kappa shape index (κ1) is 23.2. The summed E-state index contributed by atoms with van der Waals surface area (Å²) in [6, 6.07) is 8.76. The second-order valence-corrected chi connectivity index (χ2v) is 8.52. The molecule has 1 aliphatic carbocycles. The summed E-state index contributed by atoms with van der Waals surface area (Å²) < 4.78 is 0. The monoisotopic (exact) mass is 422 g/mol. The Morgan fingerprint density at radius 1 is 1.03 bits per heavy atom. The van der Waals surface area contributed by atoms with Crippen molar-refractivity contribution in [1.82, 2.24) is 14.9 Å². The summed E-state index contributed by atoms with van der Waals surface area (Å²) >= 11 is 0. The molecule has 168 valence electrons. The van der Waals surface area contributed by atoms with Crippen LogP contribution >= 0.6 is 0 Å². The molecule has 1 aliphatic heterocycles. The van der Waals surface area contributed by atoms with Crippen LogP contribution in [0.15, 0.2) is 42.9 Å². The summed E-state index contributed by atoms with van der Waals surface area (Å²) in [5, 5.41) is 0. The lowest BCUT2D eigenvalue weighted by Crippen LogP contribution is -2.40. The van der Waals surface area contributed by atoms with Crippen LogP contribution in [0, 0.1) is 5.92 Å². The molecular formula is C26H38N4O. The van der Waals surface area contributed by atoms with Crippen molar-refractivity contribution in [3.05, 3.63) is 42.9 Å². The lowest BCUT2D eigenvalue weighted by Gasteiger charge is -2.36. The van der Waals surface area contributed by atoms with Crippen LogP contribution < -0.4 is 4.90 Å². The largest absolute Gasteiger partial charge is 0.356 e. The fourth-order valence-corrected chi connectivity index (χ4v) is 4.85. The molecule has 2 aromatic heterocycles. The average Bonchev–Trinajstić information content (AvgIpc) is 2.87. The fraction of sp³-hybridized carbons (Fsp3) is 0.577. The number of carbonyl (C=O) groups is 1. The SMILES string of the molecule is CC.O=CN(CCC1CCCN(c2ccc(-c3cccnc3)cn2)C1)C1CCCCC1. The van der Waals surface area contributed by atoms with Crippen LogP contribution in [0.1, 0.15) is 65.2 Å². The Morgan fingerprint density at radius 3 is 2.52 bits per heavy atom. The Hall–Kier alpha value is -2.43. The minimum absolute atomic E-state index is 0.475. The van der Waals surface area contributed by atoms with Crippen molar-refractivity contribution in [3.63, 3.8) is 0 Å². The van der Waals surface area contributed by atoms with E-state index < -0.39 is 0 Å². The molecule has 1 saturated heterocycles. The fourth-order valence-electron chi connectivity index (χ4n) is 4.85. The number of hydrogen-bond acceptors (Lipinski definition) is 4. The van der Waals surface area contributed by atoms with E-state index in [4.69, 9.17) is 4.98 Å². The third-order valence-electron chi connectivity index (χ3n) is 6.56. The maximum absolute atomic E-state index is 11.6. The Bertz CT molecular complexity index is 759. The molecule has 1 saturated carbocycles. The third kappa shape index (κ3) is 6.52. The van der Waals surface area contributed by atoms with Gasteiger partial charge in [0.2, 0.25) is 6.41 Å². The van der Waals surface area contributed by atoms with Gasteiger partial charge in [-0.25, -0.2) is 4.98 Å². The van der Waals surface area contributed by atoms with E-state index in [9.17, 15) is 4.79 Å². The summed E-state index contributed by atoms with van der Waals surface area (Å²) in [4.78, 5) is 25.0. The molecule has 0 aromatic carbocycles. The molecule has 4 rings (SSSR count). The van der Waals surface area contributed by atoms with E-state index in [1.807, 2.05) is 32.3 Å². The number of amides is 1. The van der Waals surface area contributed by atoms with Crippen molar-refractivity contribution in [1.29, 1.82) is 0 Å². The van der Waals surface area contributed by atoms with Crippen LogP contribution in [0.25, 0.3) is 11.1 Å². The van der Waals surface area contributed by atoms with E-state index in [1.54, 1.807) is 6.20 Å². The van der Waals surface area contributed by atoms with Gasteiger partial charge in [-0.05, 0) is 56.2 Å². The quantitative estimate of drug-likeness (QED) is 0.548. The summed E-state index contributed by atoms with van der Waals surface area (Å²) in [6.45, 7) is 7.01. The van der Waals surface area contributed by atoms with Gasteiger partial charge in [0.15, 0.2) is 0 Å².